The first-order valence-corrected chi connectivity index (χ1v) is 6.63. The molecule has 0 aromatic rings. The van der Waals surface area contributed by atoms with Crippen molar-refractivity contribution in [3.05, 3.63) is 0 Å². The fourth-order valence-electron chi connectivity index (χ4n) is 2.14. The van der Waals surface area contributed by atoms with Gasteiger partial charge in [-0.2, -0.15) is 0 Å². The quantitative estimate of drug-likeness (QED) is 0.648. The van der Waals surface area contributed by atoms with Crippen molar-refractivity contribution in [2.75, 3.05) is 40.3 Å². The van der Waals surface area contributed by atoms with E-state index in [4.69, 9.17) is 0 Å². The summed E-state index contributed by atoms with van der Waals surface area (Å²) in [7, 11) is 4.29. The van der Waals surface area contributed by atoms with Gasteiger partial charge in [0.05, 0.1) is 0 Å². The molecule has 0 saturated heterocycles. The van der Waals surface area contributed by atoms with Crippen LogP contribution in [0.1, 0.15) is 34.1 Å². The van der Waals surface area contributed by atoms with E-state index in [1.165, 1.54) is 13.0 Å². The fraction of sp³-hybridized carbons (Fsp3) is 1.00. The summed E-state index contributed by atoms with van der Waals surface area (Å²) in [6.07, 6.45) is 1.24. The summed E-state index contributed by atoms with van der Waals surface area (Å²) in [6, 6.07) is 1.28. The molecule has 2 unspecified atom stereocenters. The van der Waals surface area contributed by atoms with Gasteiger partial charge in [0.2, 0.25) is 0 Å². The van der Waals surface area contributed by atoms with Crippen molar-refractivity contribution < 1.29 is 0 Å². The molecule has 0 radical (unpaired) electrons. The topological polar surface area (TPSA) is 18.5 Å². The van der Waals surface area contributed by atoms with Gasteiger partial charge in [0, 0.05) is 18.6 Å². The minimum absolute atomic E-state index is 0.630. The average molecular weight is 229 g/mol. The van der Waals surface area contributed by atoms with Crippen LogP contribution in [0.5, 0.6) is 0 Å². The van der Waals surface area contributed by atoms with Crippen molar-refractivity contribution in [3.63, 3.8) is 0 Å². The van der Waals surface area contributed by atoms with E-state index < -0.39 is 0 Å². The van der Waals surface area contributed by atoms with E-state index in [-0.39, 0.29) is 0 Å². The van der Waals surface area contributed by atoms with Crippen LogP contribution in [0, 0.1) is 0 Å². The largest absolute Gasteiger partial charge is 0.314 e. The fourth-order valence-corrected chi connectivity index (χ4v) is 2.14. The minimum Gasteiger partial charge on any atom is -0.314 e. The number of nitrogens with zero attached hydrogens (tertiary/aromatic N) is 2. The van der Waals surface area contributed by atoms with Crippen molar-refractivity contribution in [1.29, 1.82) is 0 Å². The van der Waals surface area contributed by atoms with Crippen molar-refractivity contribution in [1.82, 2.24) is 15.1 Å². The van der Waals surface area contributed by atoms with Crippen LogP contribution in [0.15, 0.2) is 0 Å². The zero-order valence-corrected chi connectivity index (χ0v) is 12.1. The van der Waals surface area contributed by atoms with Crippen LogP contribution in [0.3, 0.4) is 0 Å². The van der Waals surface area contributed by atoms with Crippen LogP contribution < -0.4 is 5.32 Å². The first-order chi connectivity index (χ1) is 7.51. The maximum Gasteiger partial charge on any atom is 0.0194 e. The van der Waals surface area contributed by atoms with E-state index in [1.54, 1.807) is 0 Å². The lowest BCUT2D eigenvalue weighted by Gasteiger charge is -2.30. The Labute approximate surface area is 102 Å². The Morgan fingerprint density at radius 2 is 1.75 bits per heavy atom. The summed E-state index contributed by atoms with van der Waals surface area (Å²) in [6.45, 7) is 13.6. The van der Waals surface area contributed by atoms with Crippen molar-refractivity contribution in [2.24, 2.45) is 0 Å². The lowest BCUT2D eigenvalue weighted by molar-refractivity contribution is 0.175. The van der Waals surface area contributed by atoms with E-state index in [9.17, 15) is 0 Å². The van der Waals surface area contributed by atoms with E-state index in [2.05, 4.69) is 56.9 Å². The molecule has 1 N–H and O–H groups in total. The number of likely N-dealkylation sites (N-methyl/N-ethyl adjacent to an activating group) is 2. The van der Waals surface area contributed by atoms with Crippen LogP contribution >= 0.6 is 0 Å². The Hall–Kier alpha value is -0.120. The predicted molar refractivity (Wildman–Crippen MR) is 73.0 cm³/mol. The summed E-state index contributed by atoms with van der Waals surface area (Å²) in [4.78, 5) is 4.83. The Bertz CT molecular complexity index is 159. The second-order valence-corrected chi connectivity index (χ2v) is 4.99. The molecule has 3 heteroatoms. The molecule has 0 rings (SSSR count). The van der Waals surface area contributed by atoms with E-state index >= 15 is 0 Å². The van der Waals surface area contributed by atoms with Crippen molar-refractivity contribution >= 4 is 0 Å². The summed E-state index contributed by atoms with van der Waals surface area (Å²) in [5, 5.41) is 3.47. The zero-order valence-electron chi connectivity index (χ0n) is 12.1. The molecule has 0 spiro atoms. The highest BCUT2D eigenvalue weighted by molar-refractivity contribution is 4.71. The monoisotopic (exact) mass is 229 g/mol. The third-order valence-corrected chi connectivity index (χ3v) is 3.06. The molecule has 3 nitrogen and oxygen atoms in total. The Morgan fingerprint density at radius 3 is 2.19 bits per heavy atom. The van der Waals surface area contributed by atoms with Gasteiger partial charge in [0.15, 0.2) is 0 Å². The molecule has 0 amide bonds. The van der Waals surface area contributed by atoms with Gasteiger partial charge in [-0.15, -0.1) is 0 Å². The molecule has 2 atom stereocenters. The first kappa shape index (κ1) is 15.9. The second-order valence-electron chi connectivity index (χ2n) is 4.99. The summed E-state index contributed by atoms with van der Waals surface area (Å²) in [5.74, 6) is 0. The van der Waals surface area contributed by atoms with Gasteiger partial charge in [-0.05, 0) is 54.0 Å². The van der Waals surface area contributed by atoms with Crippen molar-refractivity contribution in [3.8, 4) is 0 Å². The summed E-state index contributed by atoms with van der Waals surface area (Å²) in [5.41, 5.74) is 0. The van der Waals surface area contributed by atoms with E-state index in [0.29, 0.717) is 12.1 Å². The van der Waals surface area contributed by atoms with Gasteiger partial charge in [0.1, 0.15) is 0 Å². The number of hydrogen-bond acceptors (Lipinski definition) is 3. The van der Waals surface area contributed by atoms with Gasteiger partial charge >= 0.3 is 0 Å². The maximum absolute atomic E-state index is 3.47. The van der Waals surface area contributed by atoms with Gasteiger partial charge in [-0.3, -0.25) is 4.90 Å². The molecule has 0 aliphatic carbocycles. The summed E-state index contributed by atoms with van der Waals surface area (Å²) >= 11 is 0. The highest BCUT2D eigenvalue weighted by Gasteiger charge is 2.13. The molecule has 0 bridgehead atoms. The normalized spacial score (nSPS) is 15.8. The predicted octanol–water partition coefficient (Wildman–Crippen LogP) is 1.65. The van der Waals surface area contributed by atoms with Crippen LogP contribution in [-0.2, 0) is 0 Å². The number of rotatable bonds is 9. The molecule has 98 valence electrons. The molecule has 0 heterocycles. The third kappa shape index (κ3) is 7.20. The number of nitrogens with one attached hydrogen (secondary N) is 1. The highest BCUT2D eigenvalue weighted by atomic mass is 15.2. The second kappa shape index (κ2) is 8.97. The molecular weight excluding hydrogens is 198 g/mol. The standard InChI is InChI=1S/C13H31N3/c1-7-14-12(3)9-10-16(8-2)13(4)11-15(5)6/h12-14H,7-11H2,1-6H3. The van der Waals surface area contributed by atoms with Crippen LogP contribution in [0.4, 0.5) is 0 Å². The molecular formula is C13H31N3. The highest BCUT2D eigenvalue weighted by Crippen LogP contribution is 2.03. The van der Waals surface area contributed by atoms with Crippen LogP contribution in [0.25, 0.3) is 0 Å². The van der Waals surface area contributed by atoms with Gasteiger partial charge in [-0.1, -0.05) is 13.8 Å². The molecule has 0 aromatic carbocycles. The molecule has 0 fully saturated rings. The minimum atomic E-state index is 0.630. The Morgan fingerprint density at radius 1 is 1.12 bits per heavy atom. The molecule has 16 heavy (non-hydrogen) atoms. The SMILES string of the molecule is CCNC(C)CCN(CC)C(C)CN(C)C. The lowest BCUT2D eigenvalue weighted by atomic mass is 10.2. The van der Waals surface area contributed by atoms with Gasteiger partial charge < -0.3 is 10.2 Å². The molecule has 0 aliphatic heterocycles. The van der Waals surface area contributed by atoms with Crippen molar-refractivity contribution in [2.45, 2.75) is 46.2 Å². The van der Waals surface area contributed by atoms with E-state index in [1.807, 2.05) is 0 Å². The van der Waals surface area contributed by atoms with Crippen LogP contribution in [0.2, 0.25) is 0 Å². The van der Waals surface area contributed by atoms with Crippen LogP contribution in [-0.4, -0.2) is 62.2 Å². The Kier molecular flexibility index (Phi) is 8.90. The molecule has 0 aromatic heterocycles. The third-order valence-electron chi connectivity index (χ3n) is 3.06. The Balaban J connectivity index is 3.89. The lowest BCUT2D eigenvalue weighted by Crippen LogP contribution is -2.42. The number of hydrogen-bond donors (Lipinski definition) is 1. The molecule has 0 saturated carbocycles. The molecule has 0 aliphatic rings. The van der Waals surface area contributed by atoms with Gasteiger partial charge in [0.25, 0.3) is 0 Å². The average Bonchev–Trinajstić information content (AvgIpc) is 2.17. The maximum atomic E-state index is 3.47. The zero-order chi connectivity index (χ0) is 12.6. The first-order valence-electron chi connectivity index (χ1n) is 6.63. The smallest absolute Gasteiger partial charge is 0.0194 e. The van der Waals surface area contributed by atoms with E-state index in [0.717, 1.165) is 19.6 Å². The summed E-state index contributed by atoms with van der Waals surface area (Å²) < 4.78 is 0. The van der Waals surface area contributed by atoms with Gasteiger partial charge in [-0.25, -0.2) is 0 Å².